The number of pyridine rings is 1. The van der Waals surface area contributed by atoms with E-state index in [0.29, 0.717) is 13.0 Å². The monoisotopic (exact) mass is 513 g/mol. The van der Waals surface area contributed by atoms with Crippen molar-refractivity contribution in [2.45, 2.75) is 25.8 Å². The number of aromatic nitrogens is 3. The van der Waals surface area contributed by atoms with Crippen LogP contribution in [0.1, 0.15) is 45.8 Å². The molecule has 1 saturated heterocycles. The van der Waals surface area contributed by atoms with Gasteiger partial charge in [-0.15, -0.1) is 0 Å². The van der Waals surface area contributed by atoms with Crippen LogP contribution in [0.3, 0.4) is 0 Å². The lowest BCUT2D eigenvalue weighted by molar-refractivity contribution is -0.125. The van der Waals surface area contributed by atoms with Crippen LogP contribution in [0.4, 0.5) is 14.6 Å². The summed E-state index contributed by atoms with van der Waals surface area (Å²) in [6.45, 7) is 5.50. The normalized spacial score (nSPS) is 15.2. The molecule has 3 aromatic rings. The second-order valence-corrected chi connectivity index (χ2v) is 8.55. The molecule has 0 radical (unpaired) electrons. The van der Waals surface area contributed by atoms with Crippen molar-refractivity contribution in [3.8, 4) is 11.5 Å². The van der Waals surface area contributed by atoms with E-state index >= 15 is 0 Å². The van der Waals surface area contributed by atoms with E-state index in [0.717, 1.165) is 6.07 Å². The maximum atomic E-state index is 15.0. The van der Waals surface area contributed by atoms with E-state index in [2.05, 4.69) is 16.7 Å². The number of methoxy groups -OCH3 is 2. The van der Waals surface area contributed by atoms with Crippen LogP contribution < -0.4 is 15.2 Å². The summed E-state index contributed by atoms with van der Waals surface area (Å²) in [5.41, 5.74) is 5.80. The van der Waals surface area contributed by atoms with Gasteiger partial charge in [0.2, 0.25) is 5.91 Å². The Hall–Kier alpha value is -4.35. The third-order valence-electron chi connectivity index (χ3n) is 6.40. The predicted molar refractivity (Wildman–Crippen MR) is 130 cm³/mol. The van der Waals surface area contributed by atoms with Crippen LogP contribution in [0.5, 0.6) is 11.5 Å². The summed E-state index contributed by atoms with van der Waals surface area (Å²) in [5, 5.41) is 4.56. The van der Waals surface area contributed by atoms with Gasteiger partial charge in [-0.2, -0.15) is 5.10 Å². The molecule has 1 aromatic carbocycles. The van der Waals surface area contributed by atoms with Gasteiger partial charge >= 0.3 is 0 Å². The molecule has 37 heavy (non-hydrogen) atoms. The summed E-state index contributed by atoms with van der Waals surface area (Å²) in [6.07, 6.45) is 2.25. The van der Waals surface area contributed by atoms with Crippen molar-refractivity contribution in [2.24, 2.45) is 0 Å². The Kier molecular flexibility index (Phi) is 6.92. The van der Waals surface area contributed by atoms with E-state index in [1.54, 1.807) is 4.90 Å². The van der Waals surface area contributed by atoms with Gasteiger partial charge in [0.1, 0.15) is 11.5 Å². The number of nitrogens with two attached hydrogens (primary N) is 1. The van der Waals surface area contributed by atoms with Crippen LogP contribution in [0.25, 0.3) is 10.9 Å². The number of carbonyl (C=O) groups is 3. The van der Waals surface area contributed by atoms with Gasteiger partial charge in [-0.05, 0) is 19.4 Å². The molecule has 0 spiro atoms. The average molecular weight is 514 g/mol. The van der Waals surface area contributed by atoms with Gasteiger partial charge in [0.05, 0.1) is 36.7 Å². The third-order valence-corrected chi connectivity index (χ3v) is 6.40. The first kappa shape index (κ1) is 25.7. The molecular weight excluding hydrogens is 488 g/mol. The van der Waals surface area contributed by atoms with E-state index in [4.69, 9.17) is 15.2 Å². The first-order valence-electron chi connectivity index (χ1n) is 11.3. The Morgan fingerprint density at radius 3 is 2.43 bits per heavy atom. The first-order valence-corrected chi connectivity index (χ1v) is 11.3. The number of hydrogen-bond donors (Lipinski definition) is 1. The number of ether oxygens (including phenoxy) is 2. The van der Waals surface area contributed by atoms with Crippen LogP contribution in [-0.4, -0.2) is 64.4 Å². The maximum Gasteiger partial charge on any atom is 0.246 e. The number of fused-ring (bicyclic) bond motifs is 1. The Morgan fingerprint density at radius 2 is 1.86 bits per heavy atom. The second-order valence-electron chi connectivity index (χ2n) is 8.55. The van der Waals surface area contributed by atoms with Gasteiger partial charge in [0.25, 0.3) is 0 Å². The summed E-state index contributed by atoms with van der Waals surface area (Å²) in [7, 11) is 2.41. The molecule has 1 atom stereocenters. The number of nitrogen functional groups attached to an aromatic ring is 1. The minimum Gasteiger partial charge on any atom is -0.494 e. The number of anilines is 1. The fraction of sp³-hybridized carbons (Fsp3) is 0.320. The number of ketones is 2. The van der Waals surface area contributed by atoms with Gasteiger partial charge in [0, 0.05) is 37.3 Å². The number of amides is 1. The highest BCUT2D eigenvalue weighted by Crippen LogP contribution is 2.35. The smallest absolute Gasteiger partial charge is 0.246 e. The number of Topliss-reactive ketones (excluding diaryl/α,β-unsaturated/α-hetero) is 2. The number of benzene rings is 1. The van der Waals surface area contributed by atoms with Crippen molar-refractivity contribution < 1.29 is 32.6 Å². The van der Waals surface area contributed by atoms with E-state index in [1.165, 1.54) is 38.1 Å². The largest absolute Gasteiger partial charge is 0.494 e. The van der Waals surface area contributed by atoms with Crippen molar-refractivity contribution in [1.29, 1.82) is 0 Å². The summed E-state index contributed by atoms with van der Waals surface area (Å²) in [5.74, 6) is -4.14. The molecule has 2 aromatic heterocycles. The summed E-state index contributed by atoms with van der Waals surface area (Å²) >= 11 is 0. The first-order chi connectivity index (χ1) is 17.6. The van der Waals surface area contributed by atoms with Crippen molar-refractivity contribution in [3.63, 3.8) is 0 Å². The zero-order chi connectivity index (χ0) is 27.0. The summed E-state index contributed by atoms with van der Waals surface area (Å²) < 4.78 is 41.3. The average Bonchev–Trinajstić information content (AvgIpc) is 3.52. The highest BCUT2D eigenvalue weighted by molar-refractivity contribution is 6.15. The molecule has 3 heterocycles. The second kappa shape index (κ2) is 9.96. The molecule has 194 valence electrons. The molecule has 0 aliphatic carbocycles. The van der Waals surface area contributed by atoms with Crippen molar-refractivity contribution in [3.05, 3.63) is 53.4 Å². The number of hydrogen-bond acceptors (Lipinski definition) is 8. The van der Waals surface area contributed by atoms with Crippen molar-refractivity contribution >= 4 is 34.2 Å². The fourth-order valence-electron chi connectivity index (χ4n) is 4.52. The van der Waals surface area contributed by atoms with Gasteiger partial charge in [-0.3, -0.25) is 19.1 Å². The van der Waals surface area contributed by atoms with E-state index in [1.807, 2.05) is 0 Å². The van der Waals surface area contributed by atoms with Crippen molar-refractivity contribution in [1.82, 2.24) is 19.7 Å². The number of likely N-dealkylation sites (tertiary alicyclic amines) is 1. The van der Waals surface area contributed by atoms with E-state index in [9.17, 15) is 23.2 Å². The SMILES string of the molecule is C=CC(=O)N1CC[C@H](n2nc(C(=O)Cc3c(F)c(OC)cc(OC)c3F)c3c(N)ncc(C(C)=O)c32)C1. The number of halogens is 2. The lowest BCUT2D eigenvalue weighted by Crippen LogP contribution is -2.27. The zero-order valence-corrected chi connectivity index (χ0v) is 20.5. The molecule has 4 rings (SSSR count). The van der Waals surface area contributed by atoms with Crippen molar-refractivity contribution in [2.75, 3.05) is 33.0 Å². The highest BCUT2D eigenvalue weighted by atomic mass is 19.1. The topological polar surface area (TPSA) is 130 Å². The maximum absolute atomic E-state index is 15.0. The van der Waals surface area contributed by atoms with Crippen LogP contribution >= 0.6 is 0 Å². The van der Waals surface area contributed by atoms with Crippen LogP contribution in [0.15, 0.2) is 24.9 Å². The molecule has 1 amide bonds. The van der Waals surface area contributed by atoms with E-state index < -0.39 is 35.4 Å². The van der Waals surface area contributed by atoms with Gasteiger partial charge < -0.3 is 20.1 Å². The number of carbonyl (C=O) groups excluding carboxylic acids is 3. The molecule has 0 bridgehead atoms. The molecule has 1 aliphatic heterocycles. The van der Waals surface area contributed by atoms with Crippen LogP contribution in [0.2, 0.25) is 0 Å². The van der Waals surface area contributed by atoms with Gasteiger partial charge in [0.15, 0.2) is 34.7 Å². The summed E-state index contributed by atoms with van der Waals surface area (Å²) in [4.78, 5) is 43.7. The molecular formula is C25H25F2N5O5. The minimum absolute atomic E-state index is 0.0733. The predicted octanol–water partition coefficient (Wildman–Crippen LogP) is 2.90. The number of nitrogens with zero attached hydrogens (tertiary/aromatic N) is 4. The molecule has 2 N–H and O–H groups in total. The molecule has 10 nitrogen and oxygen atoms in total. The lowest BCUT2D eigenvalue weighted by Gasteiger charge is -2.16. The Morgan fingerprint density at radius 1 is 1.22 bits per heavy atom. The highest BCUT2D eigenvalue weighted by Gasteiger charge is 2.33. The Bertz CT molecular complexity index is 1420. The standard InChI is InChI=1S/C25H25F2N5O5/c1-5-19(35)31-7-6-13(11-31)32-24-15(12(2)33)10-29-25(28)20(24)23(30-32)16(34)8-14-21(26)17(36-3)9-18(37-4)22(14)27/h5,9-10,13H,1,6-8,11H2,2-4H3,(H2,28,29)/t13-/m0/s1. The molecule has 1 aliphatic rings. The Labute approximate surface area is 210 Å². The molecule has 0 saturated carbocycles. The third kappa shape index (κ3) is 4.39. The number of rotatable bonds is 8. The Balaban J connectivity index is 1.86. The van der Waals surface area contributed by atoms with Gasteiger partial charge in [-0.1, -0.05) is 6.58 Å². The zero-order valence-electron chi connectivity index (χ0n) is 20.5. The molecule has 1 fully saturated rings. The minimum atomic E-state index is -1.05. The van der Waals surface area contributed by atoms with E-state index in [-0.39, 0.29) is 57.7 Å². The molecule has 0 unspecified atom stereocenters. The molecule has 12 heteroatoms. The fourth-order valence-corrected chi connectivity index (χ4v) is 4.52. The lowest BCUT2D eigenvalue weighted by atomic mass is 10.0. The summed E-state index contributed by atoms with van der Waals surface area (Å²) in [6, 6.07) is 0.651. The van der Waals surface area contributed by atoms with Crippen LogP contribution in [0, 0.1) is 11.6 Å². The van der Waals surface area contributed by atoms with Gasteiger partial charge in [-0.25, -0.2) is 13.8 Å². The quantitative estimate of drug-likeness (QED) is 0.360. The van der Waals surface area contributed by atoms with Crippen LogP contribution in [-0.2, 0) is 11.2 Å².